The van der Waals surface area contributed by atoms with Crippen LogP contribution in [0.1, 0.15) is 12.5 Å². The molecule has 0 spiro atoms. The van der Waals surface area contributed by atoms with Crippen molar-refractivity contribution in [3.63, 3.8) is 0 Å². The molecule has 2 N–H and O–H groups in total. The molecule has 0 saturated carbocycles. The Labute approximate surface area is 196 Å². The van der Waals surface area contributed by atoms with Crippen molar-refractivity contribution in [2.24, 2.45) is 4.99 Å². The summed E-state index contributed by atoms with van der Waals surface area (Å²) in [4.78, 5) is 26.0. The molecule has 1 aliphatic rings. The van der Waals surface area contributed by atoms with Crippen molar-refractivity contribution < 1.29 is 14.7 Å². The van der Waals surface area contributed by atoms with Crippen LogP contribution in [-0.4, -0.2) is 54.6 Å². The quantitative estimate of drug-likeness (QED) is 0.494. The van der Waals surface area contributed by atoms with E-state index in [1.54, 1.807) is 0 Å². The van der Waals surface area contributed by atoms with Crippen molar-refractivity contribution in [2.45, 2.75) is 6.92 Å². The van der Waals surface area contributed by atoms with E-state index in [4.69, 9.17) is 9.90 Å². The number of nitrogens with one attached hydrogen (secondary N) is 1. The van der Waals surface area contributed by atoms with Gasteiger partial charge in [-0.3, -0.25) is 4.79 Å². The Balaban J connectivity index is 0.000000589. The normalized spacial score (nSPS) is 14.2. The number of carboxylic acids is 1. The summed E-state index contributed by atoms with van der Waals surface area (Å²) < 4.78 is 3.37. The summed E-state index contributed by atoms with van der Waals surface area (Å²) in [5, 5.41) is 11.2. The van der Waals surface area contributed by atoms with Crippen molar-refractivity contribution in [3.8, 4) is 5.69 Å². The summed E-state index contributed by atoms with van der Waals surface area (Å²) in [7, 11) is 0. The molecule has 3 aromatic rings. The first-order valence-corrected chi connectivity index (χ1v) is 11.0. The number of thioether (sulfide) groups is 1. The molecule has 30 heavy (non-hydrogen) atoms. The molecule has 0 bridgehead atoms. The fraction of sp³-hybridized carbons (Fsp3) is 0.0455. The standard InChI is InChI=1S/C20H14N3OS.C2H4O2.Na/c24-19-18(25-20(22-19)21-16-8-2-1-3-9-16)14-15-7-6-10-17(13-15)23-11-4-5-12-23;1-2(3)4;/h2-14H,(H,21,22,24);1H3,(H,3,4);. The van der Waals surface area contributed by atoms with Gasteiger partial charge in [-0.15, -0.1) is 0 Å². The van der Waals surface area contributed by atoms with Crippen LogP contribution in [0.25, 0.3) is 11.8 Å². The van der Waals surface area contributed by atoms with E-state index in [2.05, 4.69) is 28.5 Å². The third-order valence-corrected chi connectivity index (χ3v) is 5.56. The van der Waals surface area contributed by atoms with E-state index in [-0.39, 0.29) is 5.91 Å². The zero-order valence-electron chi connectivity index (χ0n) is 16.6. The molecule has 0 unspecified atom stereocenters. The van der Waals surface area contributed by atoms with Gasteiger partial charge in [-0.25, -0.2) is 0 Å². The average molecular weight is 427 g/mol. The third kappa shape index (κ3) is 6.47. The molecule has 0 atom stereocenters. The van der Waals surface area contributed by atoms with E-state index in [0.29, 0.717) is 10.1 Å². The number of benzene rings is 2. The molecule has 2 heterocycles. The van der Waals surface area contributed by atoms with Gasteiger partial charge in [0.1, 0.15) is 0 Å². The van der Waals surface area contributed by atoms with Gasteiger partial charge in [0.15, 0.2) is 0 Å². The van der Waals surface area contributed by atoms with E-state index in [1.807, 2.05) is 65.5 Å². The fourth-order valence-electron chi connectivity index (χ4n) is 2.66. The fourth-order valence-corrected chi connectivity index (χ4v) is 3.82. The molecule has 0 radical (unpaired) electrons. The van der Waals surface area contributed by atoms with E-state index in [9.17, 15) is 4.79 Å². The van der Waals surface area contributed by atoms with Gasteiger partial charge in [0.05, 0.1) is 0 Å². The molecule has 4 rings (SSSR count). The first-order valence-electron chi connectivity index (χ1n) is 9.20. The zero-order valence-corrected chi connectivity index (χ0v) is 19.4. The number of anilines is 1. The van der Waals surface area contributed by atoms with Gasteiger partial charge in [-0.1, -0.05) is 0 Å². The van der Waals surface area contributed by atoms with Crippen molar-refractivity contribution in [1.82, 2.24) is 4.57 Å². The van der Waals surface area contributed by atoms with Crippen LogP contribution in [0, 0.1) is 0 Å². The summed E-state index contributed by atoms with van der Waals surface area (Å²) in [6, 6.07) is 20.2. The Morgan fingerprint density at radius 2 is 1.80 bits per heavy atom. The number of aromatic nitrogens is 1. The molecule has 8 heteroatoms. The number of aliphatic carboxylic acids is 1. The summed E-state index contributed by atoms with van der Waals surface area (Å²) >= 11 is 2.40. The van der Waals surface area contributed by atoms with Gasteiger partial charge < -0.3 is 9.67 Å². The number of carboxylic acid groups (broad SMARTS) is 1. The Morgan fingerprint density at radius 1 is 1.13 bits per heavy atom. The first-order chi connectivity index (χ1) is 14.4. The molecule has 1 aliphatic heterocycles. The SMILES string of the molecule is CC(=O)O.O=C1N=C(Nc2cc[c]([Na])cc2)SC1=Cc1cccc(-n2cccc2)c1. The van der Waals surface area contributed by atoms with Crippen molar-refractivity contribution in [1.29, 1.82) is 0 Å². The number of hydrogen-bond donors (Lipinski definition) is 2. The summed E-state index contributed by atoms with van der Waals surface area (Å²) in [6.07, 6.45) is 5.88. The summed E-state index contributed by atoms with van der Waals surface area (Å²) in [5.74, 6) is -1.04. The maximum absolute atomic E-state index is 12.2. The second-order valence-electron chi connectivity index (χ2n) is 6.53. The summed E-state index contributed by atoms with van der Waals surface area (Å²) in [5.41, 5.74) is 2.98. The van der Waals surface area contributed by atoms with Crippen LogP contribution < -0.4 is 8.13 Å². The molecule has 0 aliphatic carbocycles. The number of hydrogen-bond acceptors (Lipinski definition) is 4. The van der Waals surface area contributed by atoms with E-state index in [0.717, 1.165) is 51.8 Å². The van der Waals surface area contributed by atoms with Gasteiger partial charge >= 0.3 is 139 Å². The number of aliphatic imine (C=N–C) groups is 1. The number of carbonyl (C=O) groups is 2. The van der Waals surface area contributed by atoms with Crippen LogP contribution in [0.4, 0.5) is 5.69 Å². The molecular formula is C22H18N3NaO3S. The molecule has 6 nitrogen and oxygen atoms in total. The zero-order chi connectivity index (χ0) is 21.5. The van der Waals surface area contributed by atoms with Gasteiger partial charge in [0.2, 0.25) is 0 Å². The Bertz CT molecular complexity index is 1100. The van der Waals surface area contributed by atoms with Gasteiger partial charge in [0, 0.05) is 19.3 Å². The van der Waals surface area contributed by atoms with Crippen LogP contribution >= 0.6 is 11.8 Å². The molecule has 2 aromatic carbocycles. The first kappa shape index (κ1) is 22.1. The topological polar surface area (TPSA) is 83.7 Å². The predicted octanol–water partition coefficient (Wildman–Crippen LogP) is 3.44. The third-order valence-electron chi connectivity index (χ3n) is 3.99. The predicted molar refractivity (Wildman–Crippen MR) is 123 cm³/mol. The number of carbonyl (C=O) groups excluding carboxylic acids is 1. The van der Waals surface area contributed by atoms with Crippen LogP contribution in [0.2, 0.25) is 0 Å². The number of amidine groups is 1. The molecular weight excluding hydrogens is 409 g/mol. The number of rotatable bonds is 3. The second-order valence-corrected chi connectivity index (χ2v) is 8.71. The van der Waals surface area contributed by atoms with Gasteiger partial charge in [-0.2, -0.15) is 0 Å². The van der Waals surface area contributed by atoms with Gasteiger partial charge in [0.25, 0.3) is 5.97 Å². The molecule has 0 fully saturated rings. The second kappa shape index (κ2) is 10.4. The molecule has 1 aromatic heterocycles. The van der Waals surface area contributed by atoms with Crippen LogP contribution in [0.5, 0.6) is 0 Å². The van der Waals surface area contributed by atoms with Crippen LogP contribution in [0.3, 0.4) is 0 Å². The van der Waals surface area contributed by atoms with Gasteiger partial charge in [-0.05, 0) is 18.2 Å². The molecule has 146 valence electrons. The van der Waals surface area contributed by atoms with Crippen molar-refractivity contribution >= 4 is 71.3 Å². The molecule has 1 amide bonds. The average Bonchev–Trinajstić information content (AvgIpc) is 3.34. The minimum atomic E-state index is -0.833. The Morgan fingerprint density at radius 3 is 2.47 bits per heavy atom. The van der Waals surface area contributed by atoms with E-state index in [1.165, 1.54) is 14.6 Å². The number of nitrogens with zero attached hydrogens (tertiary/aromatic N) is 2. The molecule has 0 saturated heterocycles. The monoisotopic (exact) mass is 427 g/mol. The van der Waals surface area contributed by atoms with Crippen LogP contribution in [-0.2, 0) is 9.59 Å². The van der Waals surface area contributed by atoms with Crippen LogP contribution in [0.15, 0.2) is 83.0 Å². The minimum absolute atomic E-state index is 0.205. The van der Waals surface area contributed by atoms with E-state index < -0.39 is 5.97 Å². The summed E-state index contributed by atoms with van der Waals surface area (Å²) in [6.45, 7) is 1.08. The van der Waals surface area contributed by atoms with E-state index >= 15 is 0 Å². The Kier molecular flexibility index (Phi) is 7.70. The Hall–Kier alpha value is -2.58. The van der Waals surface area contributed by atoms with Crippen molar-refractivity contribution in [2.75, 3.05) is 5.32 Å². The van der Waals surface area contributed by atoms with Crippen molar-refractivity contribution in [3.05, 3.63) is 83.5 Å². The maximum atomic E-state index is 12.2. The number of amides is 1.